The number of carbonyl (C=O) groups is 2. The van der Waals surface area contributed by atoms with Gasteiger partial charge in [0.15, 0.2) is 11.6 Å². The van der Waals surface area contributed by atoms with Crippen LogP contribution in [0, 0.1) is 28.7 Å². The van der Waals surface area contributed by atoms with Gasteiger partial charge in [0.1, 0.15) is 5.54 Å². The van der Waals surface area contributed by atoms with Crippen LogP contribution in [0.5, 0.6) is 0 Å². The third kappa shape index (κ3) is 3.01. The van der Waals surface area contributed by atoms with Crippen molar-refractivity contribution in [1.82, 2.24) is 10.2 Å². The van der Waals surface area contributed by atoms with E-state index in [1.54, 1.807) is 6.07 Å². The SMILES string of the molecule is Cc1c(CN2C(=O)N[C@@](C)(c3ccc(F)c(F)c3)C2=O)cccc1[N+](=O)[O-]. The standard InChI is InChI=1S/C18H15F2N3O4/c1-10-11(4-3-5-15(10)23(26)27)9-22-16(24)18(2,21-17(22)25)12-6-7-13(19)14(20)8-12/h3-8H,9H2,1-2H3,(H,21,25)/t18-/m0/s1. The van der Waals surface area contributed by atoms with Gasteiger partial charge in [-0.05, 0) is 37.1 Å². The van der Waals surface area contributed by atoms with E-state index in [0.717, 1.165) is 17.0 Å². The Labute approximate surface area is 152 Å². The Kier molecular flexibility index (Phi) is 4.38. The van der Waals surface area contributed by atoms with Gasteiger partial charge < -0.3 is 5.32 Å². The number of nitro groups is 1. The monoisotopic (exact) mass is 375 g/mol. The number of amides is 3. The molecular weight excluding hydrogens is 360 g/mol. The van der Waals surface area contributed by atoms with Crippen LogP contribution in [0.25, 0.3) is 0 Å². The average Bonchev–Trinajstić information content (AvgIpc) is 2.82. The van der Waals surface area contributed by atoms with Gasteiger partial charge in [0.25, 0.3) is 11.6 Å². The lowest BCUT2D eigenvalue weighted by Crippen LogP contribution is -2.41. The predicted molar refractivity (Wildman–Crippen MR) is 90.6 cm³/mol. The number of halogens is 2. The maximum absolute atomic E-state index is 13.6. The number of nitro benzene ring substituents is 1. The second-order valence-electron chi connectivity index (χ2n) is 6.39. The van der Waals surface area contributed by atoms with Gasteiger partial charge in [-0.3, -0.25) is 19.8 Å². The second kappa shape index (κ2) is 6.42. The minimum Gasteiger partial charge on any atom is -0.319 e. The van der Waals surface area contributed by atoms with E-state index in [0.29, 0.717) is 11.1 Å². The zero-order chi connectivity index (χ0) is 19.9. The molecule has 0 unspecified atom stereocenters. The number of hydrogen-bond donors (Lipinski definition) is 1. The van der Waals surface area contributed by atoms with Gasteiger partial charge >= 0.3 is 6.03 Å². The number of carbonyl (C=O) groups excluding carboxylic acids is 2. The summed E-state index contributed by atoms with van der Waals surface area (Å²) in [5.74, 6) is -2.86. The van der Waals surface area contributed by atoms with E-state index < -0.39 is 34.0 Å². The summed E-state index contributed by atoms with van der Waals surface area (Å²) in [6.07, 6.45) is 0. The van der Waals surface area contributed by atoms with Gasteiger partial charge in [0.2, 0.25) is 0 Å². The summed E-state index contributed by atoms with van der Waals surface area (Å²) >= 11 is 0. The normalized spacial score (nSPS) is 19.3. The number of hydrogen-bond acceptors (Lipinski definition) is 4. The Morgan fingerprint density at radius 2 is 1.89 bits per heavy atom. The van der Waals surface area contributed by atoms with Crippen LogP contribution in [0.4, 0.5) is 19.3 Å². The predicted octanol–water partition coefficient (Wildman–Crippen LogP) is 3.15. The molecule has 3 amide bonds. The van der Waals surface area contributed by atoms with Gasteiger partial charge in [-0.1, -0.05) is 18.2 Å². The molecule has 2 aromatic rings. The molecule has 0 spiro atoms. The van der Waals surface area contributed by atoms with E-state index in [1.165, 1.54) is 32.0 Å². The summed E-state index contributed by atoms with van der Waals surface area (Å²) in [6.45, 7) is 2.73. The number of nitrogens with one attached hydrogen (secondary N) is 1. The topological polar surface area (TPSA) is 92.6 Å². The maximum Gasteiger partial charge on any atom is 0.325 e. The van der Waals surface area contributed by atoms with E-state index in [2.05, 4.69) is 5.32 Å². The first-order valence-electron chi connectivity index (χ1n) is 7.97. The molecule has 0 aliphatic carbocycles. The molecule has 140 valence electrons. The highest BCUT2D eigenvalue weighted by atomic mass is 19.2. The molecule has 1 saturated heterocycles. The average molecular weight is 375 g/mol. The molecule has 1 aliphatic heterocycles. The molecule has 1 fully saturated rings. The number of nitrogens with zero attached hydrogens (tertiary/aromatic N) is 2. The molecule has 7 nitrogen and oxygen atoms in total. The van der Waals surface area contributed by atoms with Crippen molar-refractivity contribution in [2.45, 2.75) is 25.9 Å². The molecule has 27 heavy (non-hydrogen) atoms. The zero-order valence-corrected chi connectivity index (χ0v) is 14.5. The van der Waals surface area contributed by atoms with Gasteiger partial charge in [-0.2, -0.15) is 0 Å². The molecule has 0 saturated carbocycles. The molecule has 9 heteroatoms. The van der Waals surface area contributed by atoms with Crippen LogP contribution in [-0.4, -0.2) is 21.8 Å². The minimum atomic E-state index is -1.57. The molecule has 2 aromatic carbocycles. The summed E-state index contributed by atoms with van der Waals surface area (Å²) < 4.78 is 26.8. The smallest absolute Gasteiger partial charge is 0.319 e. The van der Waals surface area contributed by atoms with Gasteiger partial charge in [0.05, 0.1) is 11.5 Å². The summed E-state index contributed by atoms with van der Waals surface area (Å²) in [5.41, 5.74) is -0.826. The molecule has 1 heterocycles. The first-order chi connectivity index (χ1) is 12.6. The Hall–Kier alpha value is -3.36. The first kappa shape index (κ1) is 18.4. The van der Waals surface area contributed by atoms with E-state index in [9.17, 15) is 28.5 Å². The van der Waals surface area contributed by atoms with Crippen molar-refractivity contribution in [3.05, 3.63) is 74.8 Å². The summed E-state index contributed by atoms with van der Waals surface area (Å²) in [6, 6.07) is 6.61. The lowest BCUT2D eigenvalue weighted by atomic mass is 9.91. The molecule has 1 atom stereocenters. The van der Waals surface area contributed by atoms with Crippen molar-refractivity contribution in [2.24, 2.45) is 0 Å². The summed E-state index contributed by atoms with van der Waals surface area (Å²) in [5, 5.41) is 13.6. The van der Waals surface area contributed by atoms with Crippen LogP contribution in [-0.2, 0) is 16.9 Å². The van der Waals surface area contributed by atoms with Crippen molar-refractivity contribution in [3.8, 4) is 0 Å². The molecule has 1 N–H and O–H groups in total. The van der Waals surface area contributed by atoms with Gasteiger partial charge in [-0.15, -0.1) is 0 Å². The van der Waals surface area contributed by atoms with Crippen LogP contribution in [0.15, 0.2) is 36.4 Å². The lowest BCUT2D eigenvalue weighted by Gasteiger charge is -2.22. The van der Waals surface area contributed by atoms with Crippen LogP contribution in [0.1, 0.15) is 23.6 Å². The Morgan fingerprint density at radius 3 is 2.52 bits per heavy atom. The third-order valence-electron chi connectivity index (χ3n) is 4.71. The lowest BCUT2D eigenvalue weighted by molar-refractivity contribution is -0.385. The molecule has 0 bridgehead atoms. The van der Waals surface area contributed by atoms with Gasteiger partial charge in [0, 0.05) is 11.6 Å². The number of benzene rings is 2. The summed E-state index contributed by atoms with van der Waals surface area (Å²) in [7, 11) is 0. The zero-order valence-electron chi connectivity index (χ0n) is 14.5. The summed E-state index contributed by atoms with van der Waals surface area (Å²) in [4.78, 5) is 36.6. The Morgan fingerprint density at radius 1 is 1.19 bits per heavy atom. The second-order valence-corrected chi connectivity index (χ2v) is 6.39. The van der Waals surface area contributed by atoms with Crippen LogP contribution in [0.2, 0.25) is 0 Å². The minimum absolute atomic E-state index is 0.0954. The highest BCUT2D eigenvalue weighted by molar-refractivity contribution is 6.07. The number of imide groups is 1. The van der Waals surface area contributed by atoms with Crippen molar-refractivity contribution < 1.29 is 23.3 Å². The van der Waals surface area contributed by atoms with E-state index in [4.69, 9.17) is 0 Å². The van der Waals surface area contributed by atoms with E-state index in [-0.39, 0.29) is 17.8 Å². The van der Waals surface area contributed by atoms with E-state index >= 15 is 0 Å². The van der Waals surface area contributed by atoms with Gasteiger partial charge in [-0.25, -0.2) is 13.6 Å². The largest absolute Gasteiger partial charge is 0.325 e. The highest BCUT2D eigenvalue weighted by Crippen LogP contribution is 2.31. The van der Waals surface area contributed by atoms with E-state index in [1.807, 2.05) is 0 Å². The maximum atomic E-state index is 13.6. The van der Waals surface area contributed by atoms with Crippen LogP contribution >= 0.6 is 0 Å². The van der Waals surface area contributed by atoms with Crippen molar-refractivity contribution in [1.29, 1.82) is 0 Å². The Bertz CT molecular complexity index is 979. The fourth-order valence-electron chi connectivity index (χ4n) is 3.05. The van der Waals surface area contributed by atoms with Crippen molar-refractivity contribution >= 4 is 17.6 Å². The molecule has 1 aliphatic rings. The number of urea groups is 1. The Balaban J connectivity index is 1.94. The van der Waals surface area contributed by atoms with Crippen LogP contribution in [0.3, 0.4) is 0 Å². The first-order valence-corrected chi connectivity index (χ1v) is 7.97. The fourth-order valence-corrected chi connectivity index (χ4v) is 3.05. The molecule has 0 aromatic heterocycles. The fraction of sp³-hybridized carbons (Fsp3) is 0.222. The van der Waals surface area contributed by atoms with Crippen molar-refractivity contribution in [2.75, 3.05) is 0 Å². The number of rotatable bonds is 4. The van der Waals surface area contributed by atoms with Crippen molar-refractivity contribution in [3.63, 3.8) is 0 Å². The highest BCUT2D eigenvalue weighted by Gasteiger charge is 2.49. The third-order valence-corrected chi connectivity index (χ3v) is 4.71. The molecule has 3 rings (SSSR count). The quantitative estimate of drug-likeness (QED) is 0.505. The molecular formula is C18H15F2N3O4. The molecule has 0 radical (unpaired) electrons. The van der Waals surface area contributed by atoms with Crippen LogP contribution < -0.4 is 5.32 Å².